The average molecular weight is 243 g/mol. The van der Waals surface area contributed by atoms with E-state index in [9.17, 15) is 5.11 Å². The third kappa shape index (κ3) is 2.00. The molecule has 0 amide bonds. The lowest BCUT2D eigenvalue weighted by Crippen LogP contribution is -2.26. The first-order valence-electron chi connectivity index (χ1n) is 6.43. The van der Waals surface area contributed by atoms with Gasteiger partial charge in [-0.25, -0.2) is 0 Å². The molecular weight excluding hydrogens is 226 g/mol. The number of hydrogen-bond acceptors (Lipinski definition) is 3. The first-order valence-corrected chi connectivity index (χ1v) is 6.43. The molecule has 0 saturated carbocycles. The van der Waals surface area contributed by atoms with Crippen molar-refractivity contribution in [2.45, 2.75) is 24.9 Å². The first kappa shape index (κ1) is 11.6. The lowest BCUT2D eigenvalue weighted by molar-refractivity contribution is 0.0158. The van der Waals surface area contributed by atoms with Crippen molar-refractivity contribution < 1.29 is 9.84 Å². The van der Waals surface area contributed by atoms with Gasteiger partial charge in [-0.3, -0.25) is 4.98 Å². The van der Waals surface area contributed by atoms with Gasteiger partial charge < -0.3 is 9.84 Å². The highest BCUT2D eigenvalue weighted by molar-refractivity contribution is 5.85. The van der Waals surface area contributed by atoms with Gasteiger partial charge in [0.15, 0.2) is 0 Å². The summed E-state index contributed by atoms with van der Waals surface area (Å²) in [6.45, 7) is 1.37. The Kier molecular flexibility index (Phi) is 3.02. The molecule has 0 spiro atoms. The average Bonchev–Trinajstić information content (AvgIpc) is 2.64. The van der Waals surface area contributed by atoms with Crippen LogP contribution in [0.25, 0.3) is 10.8 Å². The highest BCUT2D eigenvalue weighted by Crippen LogP contribution is 2.36. The number of aromatic nitrogens is 1. The Morgan fingerprint density at radius 2 is 2.11 bits per heavy atom. The zero-order chi connectivity index (χ0) is 12.4. The van der Waals surface area contributed by atoms with Crippen molar-refractivity contribution in [3.8, 4) is 0 Å². The molecule has 1 aliphatic heterocycles. The van der Waals surface area contributed by atoms with E-state index in [0.717, 1.165) is 35.8 Å². The number of hydrogen-bond donors (Lipinski definition) is 1. The van der Waals surface area contributed by atoms with Gasteiger partial charge >= 0.3 is 0 Å². The number of fused-ring (bicyclic) bond motifs is 1. The summed E-state index contributed by atoms with van der Waals surface area (Å²) in [6.07, 6.45) is 5.94. The van der Waals surface area contributed by atoms with Crippen LogP contribution < -0.4 is 0 Å². The van der Waals surface area contributed by atoms with Crippen LogP contribution in [0.15, 0.2) is 36.7 Å². The van der Waals surface area contributed by atoms with Crippen molar-refractivity contribution in [1.82, 2.24) is 4.98 Å². The standard InChI is InChI=1S/C15H17NO2/c17-15(6-2-9-18-10-7-15)14-4-1-3-12-11-16-8-5-13(12)14/h1,3-5,8,11,17H,2,6-7,9-10H2. The minimum atomic E-state index is -0.767. The van der Waals surface area contributed by atoms with Gasteiger partial charge in [0.1, 0.15) is 0 Å². The molecule has 94 valence electrons. The van der Waals surface area contributed by atoms with Gasteiger partial charge in [-0.1, -0.05) is 18.2 Å². The summed E-state index contributed by atoms with van der Waals surface area (Å²) in [4.78, 5) is 4.13. The van der Waals surface area contributed by atoms with Crippen LogP contribution in [0.4, 0.5) is 0 Å². The van der Waals surface area contributed by atoms with E-state index < -0.39 is 5.60 Å². The van der Waals surface area contributed by atoms with E-state index in [1.807, 2.05) is 30.5 Å². The Labute approximate surface area is 106 Å². The van der Waals surface area contributed by atoms with Crippen molar-refractivity contribution in [2.24, 2.45) is 0 Å². The second-order valence-electron chi connectivity index (χ2n) is 4.90. The van der Waals surface area contributed by atoms with Crippen LogP contribution in [0.1, 0.15) is 24.8 Å². The van der Waals surface area contributed by atoms with Crippen LogP contribution >= 0.6 is 0 Å². The predicted octanol–water partition coefficient (Wildman–Crippen LogP) is 2.62. The quantitative estimate of drug-likeness (QED) is 0.837. The fourth-order valence-electron chi connectivity index (χ4n) is 2.73. The minimum absolute atomic E-state index is 0.623. The zero-order valence-electron chi connectivity index (χ0n) is 10.3. The van der Waals surface area contributed by atoms with Crippen LogP contribution in [0, 0.1) is 0 Å². The summed E-state index contributed by atoms with van der Waals surface area (Å²) >= 11 is 0. The fraction of sp³-hybridized carbons (Fsp3) is 0.400. The Balaban J connectivity index is 2.12. The molecule has 1 N–H and O–H groups in total. The SMILES string of the molecule is OC1(c2cccc3cnccc23)CCCOCC1. The first-order chi connectivity index (χ1) is 8.80. The fourth-order valence-corrected chi connectivity index (χ4v) is 2.73. The van der Waals surface area contributed by atoms with E-state index >= 15 is 0 Å². The molecule has 18 heavy (non-hydrogen) atoms. The van der Waals surface area contributed by atoms with E-state index in [2.05, 4.69) is 4.98 Å². The highest BCUT2D eigenvalue weighted by atomic mass is 16.5. The van der Waals surface area contributed by atoms with E-state index in [1.54, 1.807) is 6.20 Å². The van der Waals surface area contributed by atoms with Gasteiger partial charge in [-0.2, -0.15) is 0 Å². The van der Waals surface area contributed by atoms with Crippen molar-refractivity contribution >= 4 is 10.8 Å². The number of benzene rings is 1. The van der Waals surface area contributed by atoms with E-state index in [4.69, 9.17) is 4.74 Å². The number of rotatable bonds is 1. The molecule has 1 aromatic carbocycles. The van der Waals surface area contributed by atoms with Crippen molar-refractivity contribution in [1.29, 1.82) is 0 Å². The van der Waals surface area contributed by atoms with Crippen LogP contribution in [0.2, 0.25) is 0 Å². The molecule has 1 aromatic heterocycles. The third-order valence-electron chi connectivity index (χ3n) is 3.72. The molecule has 3 nitrogen and oxygen atoms in total. The number of ether oxygens (including phenoxy) is 1. The molecule has 0 aliphatic carbocycles. The van der Waals surface area contributed by atoms with Crippen molar-refractivity contribution in [2.75, 3.05) is 13.2 Å². The van der Waals surface area contributed by atoms with Gasteiger partial charge in [0.2, 0.25) is 0 Å². The van der Waals surface area contributed by atoms with Gasteiger partial charge in [0.25, 0.3) is 0 Å². The summed E-state index contributed by atoms with van der Waals surface area (Å²) in [5.74, 6) is 0. The monoisotopic (exact) mass is 243 g/mol. The Hall–Kier alpha value is -1.45. The maximum absolute atomic E-state index is 10.9. The molecule has 0 bridgehead atoms. The van der Waals surface area contributed by atoms with Crippen LogP contribution in [0.3, 0.4) is 0 Å². The zero-order valence-corrected chi connectivity index (χ0v) is 10.3. The number of aliphatic hydroxyl groups is 1. The molecule has 3 rings (SSSR count). The van der Waals surface area contributed by atoms with E-state index in [1.165, 1.54) is 0 Å². The van der Waals surface area contributed by atoms with Gasteiger partial charge in [0.05, 0.1) is 5.60 Å². The van der Waals surface area contributed by atoms with Crippen LogP contribution in [-0.2, 0) is 10.3 Å². The molecule has 1 aliphatic rings. The molecular formula is C15H17NO2. The van der Waals surface area contributed by atoms with Crippen LogP contribution in [0.5, 0.6) is 0 Å². The maximum atomic E-state index is 10.9. The molecule has 3 heteroatoms. The summed E-state index contributed by atoms with van der Waals surface area (Å²) in [7, 11) is 0. The summed E-state index contributed by atoms with van der Waals surface area (Å²) in [5.41, 5.74) is 0.241. The molecule has 2 aromatic rings. The molecule has 1 fully saturated rings. The summed E-state index contributed by atoms with van der Waals surface area (Å²) < 4.78 is 5.45. The number of nitrogens with zero attached hydrogens (tertiary/aromatic N) is 1. The summed E-state index contributed by atoms with van der Waals surface area (Å²) in [5, 5.41) is 13.1. The largest absolute Gasteiger partial charge is 0.385 e. The predicted molar refractivity (Wildman–Crippen MR) is 70.3 cm³/mol. The molecule has 1 saturated heterocycles. The lowest BCUT2D eigenvalue weighted by atomic mass is 9.84. The van der Waals surface area contributed by atoms with E-state index in [0.29, 0.717) is 13.0 Å². The van der Waals surface area contributed by atoms with Gasteiger partial charge in [-0.05, 0) is 29.9 Å². The maximum Gasteiger partial charge on any atom is 0.0925 e. The van der Waals surface area contributed by atoms with E-state index in [-0.39, 0.29) is 0 Å². The smallest absolute Gasteiger partial charge is 0.0925 e. The Morgan fingerprint density at radius 1 is 1.17 bits per heavy atom. The van der Waals surface area contributed by atoms with Gasteiger partial charge in [0, 0.05) is 37.4 Å². The minimum Gasteiger partial charge on any atom is -0.385 e. The van der Waals surface area contributed by atoms with Crippen molar-refractivity contribution in [3.63, 3.8) is 0 Å². The molecule has 1 atom stereocenters. The van der Waals surface area contributed by atoms with Crippen LogP contribution in [-0.4, -0.2) is 23.3 Å². The van der Waals surface area contributed by atoms with Crippen molar-refractivity contribution in [3.05, 3.63) is 42.2 Å². The molecule has 0 radical (unpaired) electrons. The lowest BCUT2D eigenvalue weighted by Gasteiger charge is -2.27. The molecule has 2 heterocycles. The summed E-state index contributed by atoms with van der Waals surface area (Å²) in [6, 6.07) is 8.02. The van der Waals surface area contributed by atoms with Gasteiger partial charge in [-0.15, -0.1) is 0 Å². The highest BCUT2D eigenvalue weighted by Gasteiger charge is 2.31. The Bertz CT molecular complexity index is 540. The third-order valence-corrected chi connectivity index (χ3v) is 3.72. The number of pyridine rings is 1. The second kappa shape index (κ2) is 4.67. The molecule has 1 unspecified atom stereocenters. The Morgan fingerprint density at radius 3 is 3.06 bits per heavy atom. The normalized spacial score (nSPS) is 24.9. The topological polar surface area (TPSA) is 42.4 Å². The second-order valence-corrected chi connectivity index (χ2v) is 4.90.